The summed E-state index contributed by atoms with van der Waals surface area (Å²) in [7, 11) is 1.81. The van der Waals surface area contributed by atoms with E-state index in [2.05, 4.69) is 22.1 Å². The Bertz CT molecular complexity index is 1200. The largest absolute Gasteiger partial charge is 0.464 e. The van der Waals surface area contributed by atoms with Crippen molar-refractivity contribution in [1.29, 1.82) is 0 Å². The van der Waals surface area contributed by atoms with Crippen molar-refractivity contribution in [2.45, 2.75) is 47.3 Å². The van der Waals surface area contributed by atoms with Crippen molar-refractivity contribution in [3.63, 3.8) is 0 Å². The minimum Gasteiger partial charge on any atom is -0.464 e. The summed E-state index contributed by atoms with van der Waals surface area (Å²) >= 11 is 0. The number of hydrogen-bond acceptors (Lipinski definition) is 5. The van der Waals surface area contributed by atoms with Gasteiger partial charge in [-0.05, 0) is 45.9 Å². The molecular formula is C22H26N6O2. The fourth-order valence-electron chi connectivity index (χ4n) is 3.87. The lowest BCUT2D eigenvalue weighted by atomic mass is 10.1. The molecule has 0 aromatic carbocycles. The Morgan fingerprint density at radius 3 is 2.57 bits per heavy atom. The summed E-state index contributed by atoms with van der Waals surface area (Å²) in [5, 5.41) is 10.0. The minimum atomic E-state index is -0.0346. The molecule has 4 heterocycles. The van der Waals surface area contributed by atoms with E-state index in [1.54, 1.807) is 22.0 Å². The maximum Gasteiger partial charge on any atom is 0.244 e. The lowest BCUT2D eigenvalue weighted by molar-refractivity contribution is -0.131. The topological polar surface area (TPSA) is 82.0 Å². The van der Waals surface area contributed by atoms with E-state index in [1.165, 1.54) is 0 Å². The number of aryl methyl sites for hydroxylation is 3. The predicted octanol–water partition coefficient (Wildman–Crippen LogP) is 3.49. The molecule has 0 radical (unpaired) electrons. The molecule has 0 saturated heterocycles. The lowest BCUT2D eigenvalue weighted by Gasteiger charge is -2.18. The quantitative estimate of drug-likeness (QED) is 0.490. The highest BCUT2D eigenvalue weighted by Crippen LogP contribution is 2.30. The second-order valence-corrected chi connectivity index (χ2v) is 7.49. The van der Waals surface area contributed by atoms with Crippen molar-refractivity contribution in [3.8, 4) is 11.3 Å². The first-order valence-corrected chi connectivity index (χ1v) is 10.0. The second kappa shape index (κ2) is 7.78. The molecule has 156 valence electrons. The monoisotopic (exact) mass is 406 g/mol. The smallest absolute Gasteiger partial charge is 0.244 e. The van der Waals surface area contributed by atoms with Crippen LogP contribution in [-0.2, 0) is 24.4 Å². The Morgan fingerprint density at radius 2 is 1.90 bits per heavy atom. The molecule has 4 aromatic rings. The molecule has 8 heteroatoms. The Hall–Kier alpha value is -3.42. The molecule has 0 aliphatic carbocycles. The molecule has 0 aliphatic rings. The number of carbonyl (C=O) groups is 1. The molecule has 1 amide bonds. The molecule has 4 aromatic heterocycles. The van der Waals surface area contributed by atoms with E-state index in [-0.39, 0.29) is 12.5 Å². The standard InChI is InChI=1S/C22H26N6O2/c1-6-27-16(4)18(14(2)24-27)12-26(5)20(29)13-28-22-21(15(3)25-28)17(9-10-23-22)19-8-7-11-30-19/h7-11H,6,12-13H2,1-5H3. The van der Waals surface area contributed by atoms with Gasteiger partial charge in [-0.15, -0.1) is 0 Å². The summed E-state index contributed by atoms with van der Waals surface area (Å²) in [6, 6.07) is 5.67. The molecule has 4 rings (SSSR count). The van der Waals surface area contributed by atoms with Gasteiger partial charge in [0.2, 0.25) is 5.91 Å². The molecule has 0 spiro atoms. The number of hydrogen-bond donors (Lipinski definition) is 0. The molecule has 0 aliphatic heterocycles. The zero-order valence-corrected chi connectivity index (χ0v) is 18.0. The first-order valence-electron chi connectivity index (χ1n) is 10.0. The third-order valence-electron chi connectivity index (χ3n) is 5.53. The summed E-state index contributed by atoms with van der Waals surface area (Å²) in [6.07, 6.45) is 3.36. The van der Waals surface area contributed by atoms with Gasteiger partial charge in [-0.25, -0.2) is 9.67 Å². The second-order valence-electron chi connectivity index (χ2n) is 7.49. The summed E-state index contributed by atoms with van der Waals surface area (Å²) in [5.74, 6) is 0.722. The van der Waals surface area contributed by atoms with Crippen molar-refractivity contribution in [1.82, 2.24) is 29.4 Å². The van der Waals surface area contributed by atoms with E-state index < -0.39 is 0 Å². The molecule has 0 N–H and O–H groups in total. The molecule has 30 heavy (non-hydrogen) atoms. The molecule has 8 nitrogen and oxygen atoms in total. The Morgan fingerprint density at radius 1 is 1.13 bits per heavy atom. The first kappa shape index (κ1) is 19.9. The highest BCUT2D eigenvalue weighted by molar-refractivity contribution is 5.93. The van der Waals surface area contributed by atoms with Crippen molar-refractivity contribution < 1.29 is 9.21 Å². The highest BCUT2D eigenvalue weighted by atomic mass is 16.3. The first-order chi connectivity index (χ1) is 14.4. The zero-order chi connectivity index (χ0) is 21.4. The fourth-order valence-corrected chi connectivity index (χ4v) is 3.87. The van der Waals surface area contributed by atoms with Gasteiger partial charge in [0.25, 0.3) is 0 Å². The summed E-state index contributed by atoms with van der Waals surface area (Å²) in [5.41, 5.74) is 5.56. The number of carbonyl (C=O) groups excluding carboxylic acids is 1. The van der Waals surface area contributed by atoms with Gasteiger partial charge in [0.1, 0.15) is 12.3 Å². The number of rotatable bonds is 6. The zero-order valence-electron chi connectivity index (χ0n) is 18.0. The minimum absolute atomic E-state index is 0.0346. The molecule has 0 atom stereocenters. The van der Waals surface area contributed by atoms with E-state index in [0.29, 0.717) is 12.2 Å². The number of fused-ring (bicyclic) bond motifs is 1. The number of likely N-dealkylation sites (N-methyl/N-ethyl adjacent to an activating group) is 1. The SMILES string of the molecule is CCn1nc(C)c(CN(C)C(=O)Cn2nc(C)c3c(-c4ccco4)ccnc32)c1C. The Labute approximate surface area is 175 Å². The van der Waals surface area contributed by atoms with Gasteiger partial charge >= 0.3 is 0 Å². The van der Waals surface area contributed by atoms with Crippen LogP contribution < -0.4 is 0 Å². The number of aromatic nitrogens is 5. The van der Waals surface area contributed by atoms with E-state index in [1.807, 2.05) is 50.7 Å². The lowest BCUT2D eigenvalue weighted by Crippen LogP contribution is -2.30. The van der Waals surface area contributed by atoms with E-state index >= 15 is 0 Å². The third kappa shape index (κ3) is 3.38. The fraction of sp³-hybridized carbons (Fsp3) is 0.364. The average molecular weight is 406 g/mol. The van der Waals surface area contributed by atoms with Gasteiger partial charge in [0.15, 0.2) is 5.65 Å². The number of nitrogens with zero attached hydrogens (tertiary/aromatic N) is 6. The van der Waals surface area contributed by atoms with Gasteiger partial charge in [-0.3, -0.25) is 9.48 Å². The number of amides is 1. The summed E-state index contributed by atoms with van der Waals surface area (Å²) in [4.78, 5) is 19.2. The summed E-state index contributed by atoms with van der Waals surface area (Å²) in [6.45, 7) is 9.46. The molecule has 0 bridgehead atoms. The Balaban J connectivity index is 1.59. The normalized spacial score (nSPS) is 11.4. The van der Waals surface area contributed by atoms with Crippen LogP contribution in [0.2, 0.25) is 0 Å². The van der Waals surface area contributed by atoms with Crippen molar-refractivity contribution in [2.24, 2.45) is 0 Å². The predicted molar refractivity (Wildman–Crippen MR) is 114 cm³/mol. The molecule has 0 unspecified atom stereocenters. The Kier molecular flexibility index (Phi) is 5.15. The van der Waals surface area contributed by atoms with Crippen LogP contribution in [-0.4, -0.2) is 42.4 Å². The average Bonchev–Trinajstić information content (AvgIpc) is 3.43. The maximum atomic E-state index is 13.0. The number of furan rings is 1. The van der Waals surface area contributed by atoms with Gasteiger partial charge in [-0.2, -0.15) is 10.2 Å². The highest BCUT2D eigenvalue weighted by Gasteiger charge is 2.20. The molecule has 0 saturated carbocycles. The van der Waals surface area contributed by atoms with Gasteiger partial charge < -0.3 is 9.32 Å². The van der Waals surface area contributed by atoms with Crippen LogP contribution in [0, 0.1) is 20.8 Å². The van der Waals surface area contributed by atoms with Crippen LogP contribution in [0.15, 0.2) is 35.1 Å². The van der Waals surface area contributed by atoms with Gasteiger partial charge in [-0.1, -0.05) is 0 Å². The van der Waals surface area contributed by atoms with Gasteiger partial charge in [0, 0.05) is 43.2 Å². The summed E-state index contributed by atoms with van der Waals surface area (Å²) < 4.78 is 9.20. The van der Waals surface area contributed by atoms with Crippen LogP contribution in [0.4, 0.5) is 0 Å². The van der Waals surface area contributed by atoms with E-state index in [0.717, 1.165) is 45.9 Å². The van der Waals surface area contributed by atoms with Crippen molar-refractivity contribution >= 4 is 16.9 Å². The van der Waals surface area contributed by atoms with Crippen LogP contribution >= 0.6 is 0 Å². The van der Waals surface area contributed by atoms with Crippen molar-refractivity contribution in [3.05, 3.63) is 53.3 Å². The molecular weight excluding hydrogens is 380 g/mol. The maximum absolute atomic E-state index is 13.0. The van der Waals surface area contributed by atoms with Crippen molar-refractivity contribution in [2.75, 3.05) is 7.05 Å². The van der Waals surface area contributed by atoms with Crippen LogP contribution in [0.1, 0.15) is 29.6 Å². The van der Waals surface area contributed by atoms with Crippen LogP contribution in [0.25, 0.3) is 22.4 Å². The van der Waals surface area contributed by atoms with Crippen LogP contribution in [0.3, 0.4) is 0 Å². The van der Waals surface area contributed by atoms with E-state index in [4.69, 9.17) is 4.42 Å². The van der Waals surface area contributed by atoms with E-state index in [9.17, 15) is 4.79 Å². The molecule has 0 fully saturated rings. The van der Waals surface area contributed by atoms with Gasteiger partial charge in [0.05, 0.1) is 23.0 Å². The number of pyridine rings is 1. The third-order valence-corrected chi connectivity index (χ3v) is 5.53. The van der Waals surface area contributed by atoms with Crippen LogP contribution in [0.5, 0.6) is 0 Å².